The van der Waals surface area contributed by atoms with Crippen LogP contribution in [0.3, 0.4) is 0 Å². The normalized spacial score (nSPS) is 11.5. The van der Waals surface area contributed by atoms with Gasteiger partial charge in [0.2, 0.25) is 0 Å². The van der Waals surface area contributed by atoms with Crippen LogP contribution in [-0.4, -0.2) is 12.8 Å². The van der Waals surface area contributed by atoms with E-state index in [-0.39, 0.29) is 5.69 Å². The van der Waals surface area contributed by atoms with Gasteiger partial charge in [-0.1, -0.05) is 35.0 Å². The summed E-state index contributed by atoms with van der Waals surface area (Å²) >= 11 is 6.16. The molecule has 0 saturated carbocycles. The van der Waals surface area contributed by atoms with E-state index in [9.17, 15) is 4.39 Å². The standard InChI is InChI=1S/C15H14ClFN2O/c1-9(19-20-2)10-6-7-13(16)12(8-10)11-4-3-5-14(18)15(11)17/h3-8H,18H2,1-2H3. The summed E-state index contributed by atoms with van der Waals surface area (Å²) in [5, 5.41) is 4.30. The van der Waals surface area contributed by atoms with Gasteiger partial charge in [0.15, 0.2) is 5.82 Å². The Bertz CT molecular complexity index is 671. The van der Waals surface area contributed by atoms with Crippen molar-refractivity contribution in [3.63, 3.8) is 0 Å². The molecule has 0 atom stereocenters. The Labute approximate surface area is 121 Å². The molecule has 0 radical (unpaired) electrons. The van der Waals surface area contributed by atoms with Gasteiger partial charge in [-0.3, -0.25) is 0 Å². The predicted octanol–water partition coefficient (Wildman–Crippen LogP) is 4.10. The number of nitrogens with two attached hydrogens (primary N) is 1. The first-order valence-electron chi connectivity index (χ1n) is 5.96. The summed E-state index contributed by atoms with van der Waals surface area (Å²) in [6, 6.07) is 10.1. The van der Waals surface area contributed by atoms with Gasteiger partial charge in [0.25, 0.3) is 0 Å². The fraction of sp³-hybridized carbons (Fsp3) is 0.133. The van der Waals surface area contributed by atoms with Crippen molar-refractivity contribution in [2.45, 2.75) is 6.92 Å². The van der Waals surface area contributed by atoms with E-state index >= 15 is 0 Å². The highest BCUT2D eigenvalue weighted by Crippen LogP contribution is 2.32. The minimum Gasteiger partial charge on any atom is -0.399 e. The van der Waals surface area contributed by atoms with Crippen molar-refractivity contribution in [1.82, 2.24) is 0 Å². The molecular weight excluding hydrogens is 279 g/mol. The van der Waals surface area contributed by atoms with Crippen LogP contribution in [0.1, 0.15) is 12.5 Å². The zero-order valence-electron chi connectivity index (χ0n) is 11.2. The third kappa shape index (κ3) is 2.75. The fourth-order valence-electron chi connectivity index (χ4n) is 1.90. The highest BCUT2D eigenvalue weighted by molar-refractivity contribution is 6.33. The summed E-state index contributed by atoms with van der Waals surface area (Å²) < 4.78 is 14.1. The highest BCUT2D eigenvalue weighted by atomic mass is 35.5. The van der Waals surface area contributed by atoms with Crippen molar-refractivity contribution in [2.75, 3.05) is 12.8 Å². The molecule has 0 aliphatic carbocycles. The van der Waals surface area contributed by atoms with Crippen LogP contribution in [0.2, 0.25) is 5.02 Å². The number of oxime groups is 1. The fourth-order valence-corrected chi connectivity index (χ4v) is 2.12. The summed E-state index contributed by atoms with van der Waals surface area (Å²) in [6.07, 6.45) is 0. The second-order valence-corrected chi connectivity index (χ2v) is 4.67. The average Bonchev–Trinajstić information content (AvgIpc) is 2.43. The van der Waals surface area contributed by atoms with Gasteiger partial charge in [0, 0.05) is 16.1 Å². The second-order valence-electron chi connectivity index (χ2n) is 4.26. The van der Waals surface area contributed by atoms with Crippen LogP contribution < -0.4 is 5.73 Å². The van der Waals surface area contributed by atoms with Crippen molar-refractivity contribution in [3.8, 4) is 11.1 Å². The van der Waals surface area contributed by atoms with Crippen molar-refractivity contribution >= 4 is 23.0 Å². The molecule has 0 aromatic heterocycles. The quantitative estimate of drug-likeness (QED) is 0.526. The van der Waals surface area contributed by atoms with Gasteiger partial charge in [-0.05, 0) is 30.7 Å². The molecule has 2 rings (SSSR count). The Balaban J connectivity index is 2.59. The molecule has 20 heavy (non-hydrogen) atoms. The number of hydrogen-bond acceptors (Lipinski definition) is 3. The molecule has 2 N–H and O–H groups in total. The molecule has 0 unspecified atom stereocenters. The number of nitrogens with zero attached hydrogens (tertiary/aromatic N) is 1. The lowest BCUT2D eigenvalue weighted by molar-refractivity contribution is 0.213. The van der Waals surface area contributed by atoms with E-state index < -0.39 is 5.82 Å². The van der Waals surface area contributed by atoms with E-state index in [2.05, 4.69) is 5.16 Å². The van der Waals surface area contributed by atoms with Crippen molar-refractivity contribution in [3.05, 3.63) is 52.8 Å². The predicted molar refractivity (Wildman–Crippen MR) is 80.5 cm³/mol. The third-order valence-electron chi connectivity index (χ3n) is 2.93. The molecule has 0 spiro atoms. The topological polar surface area (TPSA) is 47.6 Å². The molecule has 2 aromatic carbocycles. The summed E-state index contributed by atoms with van der Waals surface area (Å²) in [5.74, 6) is -0.479. The Hall–Kier alpha value is -2.07. The maximum absolute atomic E-state index is 14.1. The number of rotatable bonds is 3. The second kappa shape index (κ2) is 5.92. The molecule has 0 aliphatic rings. The first-order chi connectivity index (χ1) is 9.54. The van der Waals surface area contributed by atoms with E-state index in [1.165, 1.54) is 13.2 Å². The molecule has 0 heterocycles. The maximum Gasteiger partial charge on any atom is 0.153 e. The van der Waals surface area contributed by atoms with Crippen LogP contribution in [-0.2, 0) is 4.84 Å². The minimum atomic E-state index is -0.479. The van der Waals surface area contributed by atoms with Crippen LogP contribution in [0.25, 0.3) is 11.1 Å². The molecule has 5 heteroatoms. The Kier molecular flexibility index (Phi) is 4.25. The lowest BCUT2D eigenvalue weighted by atomic mass is 10.0. The zero-order valence-corrected chi connectivity index (χ0v) is 11.9. The summed E-state index contributed by atoms with van der Waals surface area (Å²) in [5.41, 5.74) is 8.09. The number of benzene rings is 2. The summed E-state index contributed by atoms with van der Waals surface area (Å²) in [7, 11) is 1.47. The third-order valence-corrected chi connectivity index (χ3v) is 3.26. The van der Waals surface area contributed by atoms with Crippen LogP contribution in [0, 0.1) is 5.82 Å². The van der Waals surface area contributed by atoms with E-state index in [1.54, 1.807) is 37.3 Å². The van der Waals surface area contributed by atoms with Crippen LogP contribution in [0.15, 0.2) is 41.6 Å². The number of anilines is 1. The van der Waals surface area contributed by atoms with Gasteiger partial charge >= 0.3 is 0 Å². The van der Waals surface area contributed by atoms with Crippen LogP contribution in [0.4, 0.5) is 10.1 Å². The lowest BCUT2D eigenvalue weighted by Gasteiger charge is -2.10. The molecule has 0 amide bonds. The van der Waals surface area contributed by atoms with E-state index in [1.807, 2.05) is 0 Å². The number of hydrogen-bond donors (Lipinski definition) is 1. The molecule has 0 saturated heterocycles. The van der Waals surface area contributed by atoms with Gasteiger partial charge in [0.1, 0.15) is 7.11 Å². The summed E-state index contributed by atoms with van der Waals surface area (Å²) in [4.78, 5) is 4.74. The largest absolute Gasteiger partial charge is 0.399 e. The Morgan fingerprint density at radius 3 is 2.70 bits per heavy atom. The van der Waals surface area contributed by atoms with Crippen LogP contribution >= 0.6 is 11.6 Å². The highest BCUT2D eigenvalue weighted by Gasteiger charge is 2.12. The van der Waals surface area contributed by atoms with Gasteiger partial charge < -0.3 is 10.6 Å². The van der Waals surface area contributed by atoms with Crippen molar-refractivity contribution in [2.24, 2.45) is 5.16 Å². The first kappa shape index (κ1) is 14.3. The van der Waals surface area contributed by atoms with Gasteiger partial charge in [-0.2, -0.15) is 0 Å². The van der Waals surface area contributed by atoms with E-state index in [4.69, 9.17) is 22.2 Å². The maximum atomic E-state index is 14.1. The molecule has 2 aromatic rings. The van der Waals surface area contributed by atoms with E-state index in [0.717, 1.165) is 5.56 Å². The lowest BCUT2D eigenvalue weighted by Crippen LogP contribution is -1.98. The molecule has 3 nitrogen and oxygen atoms in total. The smallest absolute Gasteiger partial charge is 0.153 e. The summed E-state index contributed by atoms with van der Waals surface area (Å²) in [6.45, 7) is 1.80. The average molecular weight is 293 g/mol. The Morgan fingerprint density at radius 1 is 1.25 bits per heavy atom. The monoisotopic (exact) mass is 292 g/mol. The van der Waals surface area contributed by atoms with Crippen molar-refractivity contribution in [1.29, 1.82) is 0 Å². The molecular formula is C15H14ClFN2O. The number of halogens is 2. The van der Waals surface area contributed by atoms with Gasteiger partial charge in [-0.15, -0.1) is 0 Å². The van der Waals surface area contributed by atoms with Crippen LogP contribution in [0.5, 0.6) is 0 Å². The molecule has 104 valence electrons. The molecule has 0 aliphatic heterocycles. The zero-order chi connectivity index (χ0) is 14.7. The van der Waals surface area contributed by atoms with Gasteiger partial charge in [-0.25, -0.2) is 4.39 Å². The molecule has 0 bridgehead atoms. The molecule has 0 fully saturated rings. The number of nitrogen functional groups attached to an aromatic ring is 1. The minimum absolute atomic E-state index is 0.0891. The van der Waals surface area contributed by atoms with Gasteiger partial charge in [0.05, 0.1) is 11.4 Å². The van der Waals surface area contributed by atoms with Crippen molar-refractivity contribution < 1.29 is 9.23 Å². The SMILES string of the molecule is CON=C(C)c1ccc(Cl)c(-c2cccc(N)c2F)c1. The Morgan fingerprint density at radius 2 is 2.00 bits per heavy atom. The first-order valence-corrected chi connectivity index (χ1v) is 6.34. The van der Waals surface area contributed by atoms with E-state index in [0.29, 0.717) is 21.9 Å².